The van der Waals surface area contributed by atoms with Crippen molar-refractivity contribution in [3.63, 3.8) is 0 Å². The van der Waals surface area contributed by atoms with Crippen LogP contribution in [0.2, 0.25) is 0 Å². The Morgan fingerprint density at radius 1 is 1.35 bits per heavy atom. The first-order chi connectivity index (χ1) is 11.8. The molecule has 2 N–H and O–H groups in total. The van der Waals surface area contributed by atoms with E-state index in [1.54, 1.807) is 18.2 Å². The molecule has 0 saturated carbocycles. The van der Waals surface area contributed by atoms with Crippen LogP contribution in [0.5, 0.6) is 0 Å². The molecule has 9 heteroatoms. The van der Waals surface area contributed by atoms with Crippen molar-refractivity contribution in [3.05, 3.63) is 47.8 Å². The summed E-state index contributed by atoms with van der Waals surface area (Å²) < 4.78 is 39.1. The monoisotopic (exact) mass is 388 g/mol. The summed E-state index contributed by atoms with van der Waals surface area (Å²) >= 11 is 0. The van der Waals surface area contributed by atoms with Crippen molar-refractivity contribution >= 4 is 18.3 Å². The number of amides is 1. The molecule has 2 heterocycles. The van der Waals surface area contributed by atoms with Crippen molar-refractivity contribution in [2.45, 2.75) is 38.0 Å². The second kappa shape index (κ2) is 8.09. The van der Waals surface area contributed by atoms with E-state index < -0.39 is 11.9 Å². The fourth-order valence-electron chi connectivity index (χ4n) is 2.94. The van der Waals surface area contributed by atoms with E-state index in [1.165, 1.54) is 12.3 Å². The summed E-state index contributed by atoms with van der Waals surface area (Å²) in [5.74, 6) is -0.232. The van der Waals surface area contributed by atoms with Crippen LogP contribution in [0.25, 0.3) is 5.69 Å². The molecule has 0 aliphatic carbocycles. The summed E-state index contributed by atoms with van der Waals surface area (Å²) in [6.07, 6.45) is -1.57. The predicted octanol–water partition coefficient (Wildman–Crippen LogP) is 3.18. The van der Waals surface area contributed by atoms with Crippen molar-refractivity contribution in [2.24, 2.45) is 0 Å². The van der Waals surface area contributed by atoms with Crippen LogP contribution in [0.1, 0.15) is 35.8 Å². The maximum atomic E-state index is 12.7. The highest BCUT2D eigenvalue weighted by molar-refractivity contribution is 5.94. The van der Waals surface area contributed by atoms with Gasteiger partial charge in [-0.15, -0.1) is 12.4 Å². The van der Waals surface area contributed by atoms with Gasteiger partial charge in [-0.25, -0.2) is 4.68 Å². The second-order valence-corrected chi connectivity index (χ2v) is 6.24. The Morgan fingerprint density at radius 2 is 2.12 bits per heavy atom. The molecule has 1 fully saturated rings. The van der Waals surface area contributed by atoms with Gasteiger partial charge in [0.1, 0.15) is 0 Å². The number of rotatable bonds is 3. The highest BCUT2D eigenvalue weighted by Gasteiger charge is 2.33. The van der Waals surface area contributed by atoms with Gasteiger partial charge in [0.2, 0.25) is 0 Å². The van der Waals surface area contributed by atoms with Crippen molar-refractivity contribution in [1.82, 2.24) is 20.4 Å². The SMILES string of the molecule is CC1CC(NC(=O)c2cccc(-n3ccc(C(F)(F)F)n3)c2)CCN1.Cl. The zero-order chi connectivity index (χ0) is 18.0. The molecule has 1 aliphatic rings. The number of carbonyl (C=O) groups is 1. The standard InChI is InChI=1S/C17H19F3N4O.ClH/c1-11-9-13(5-7-21-11)22-16(25)12-3-2-4-14(10-12)24-8-6-15(23-24)17(18,19)20;/h2-4,6,8,10-11,13,21H,5,7,9H2,1H3,(H,22,25);1H. The topological polar surface area (TPSA) is 59.0 Å². The minimum atomic E-state index is -4.49. The largest absolute Gasteiger partial charge is 0.435 e. The number of aromatic nitrogens is 2. The van der Waals surface area contributed by atoms with E-state index in [0.29, 0.717) is 17.3 Å². The summed E-state index contributed by atoms with van der Waals surface area (Å²) in [6, 6.07) is 7.75. The Balaban J connectivity index is 0.00000243. The summed E-state index contributed by atoms with van der Waals surface area (Å²) in [4.78, 5) is 12.4. The van der Waals surface area contributed by atoms with Crippen LogP contribution in [-0.2, 0) is 6.18 Å². The molecule has 5 nitrogen and oxygen atoms in total. The lowest BCUT2D eigenvalue weighted by atomic mass is 10.0. The van der Waals surface area contributed by atoms with Crippen LogP contribution in [0, 0.1) is 0 Å². The third kappa shape index (κ3) is 4.76. The lowest BCUT2D eigenvalue weighted by Gasteiger charge is -2.28. The molecule has 2 unspecified atom stereocenters. The average molecular weight is 389 g/mol. The summed E-state index contributed by atoms with van der Waals surface area (Å²) in [6.45, 7) is 2.91. The van der Waals surface area contributed by atoms with Crippen LogP contribution in [0.4, 0.5) is 13.2 Å². The normalized spacial score (nSPS) is 20.3. The van der Waals surface area contributed by atoms with Crippen LogP contribution in [0.15, 0.2) is 36.5 Å². The minimum absolute atomic E-state index is 0. The van der Waals surface area contributed by atoms with Crippen LogP contribution in [0.3, 0.4) is 0 Å². The van der Waals surface area contributed by atoms with E-state index in [-0.39, 0.29) is 24.4 Å². The van der Waals surface area contributed by atoms with E-state index in [9.17, 15) is 18.0 Å². The molecular weight excluding hydrogens is 369 g/mol. The number of carbonyl (C=O) groups excluding carboxylic acids is 1. The zero-order valence-electron chi connectivity index (χ0n) is 14.1. The fourth-order valence-corrected chi connectivity index (χ4v) is 2.94. The molecule has 0 spiro atoms. The fraction of sp³-hybridized carbons (Fsp3) is 0.412. The summed E-state index contributed by atoms with van der Waals surface area (Å²) in [5, 5.41) is 9.83. The van der Waals surface area contributed by atoms with Gasteiger partial charge >= 0.3 is 6.18 Å². The number of hydrogen-bond acceptors (Lipinski definition) is 3. The van der Waals surface area contributed by atoms with Crippen LogP contribution < -0.4 is 10.6 Å². The molecule has 142 valence electrons. The number of alkyl halides is 3. The number of piperidine rings is 1. The lowest BCUT2D eigenvalue weighted by Crippen LogP contribution is -2.46. The van der Waals surface area contributed by atoms with E-state index >= 15 is 0 Å². The van der Waals surface area contributed by atoms with Crippen LogP contribution in [-0.4, -0.2) is 34.3 Å². The van der Waals surface area contributed by atoms with Gasteiger partial charge in [0.25, 0.3) is 5.91 Å². The van der Waals surface area contributed by atoms with Crippen molar-refractivity contribution in [3.8, 4) is 5.69 Å². The molecule has 2 aromatic rings. The quantitative estimate of drug-likeness (QED) is 0.849. The number of halogens is 4. The van der Waals surface area contributed by atoms with E-state index in [0.717, 1.165) is 30.1 Å². The Hall–Kier alpha value is -2.06. The Morgan fingerprint density at radius 3 is 2.77 bits per heavy atom. The third-order valence-electron chi connectivity index (χ3n) is 4.21. The Labute approximate surface area is 155 Å². The van der Waals surface area contributed by atoms with Gasteiger partial charge < -0.3 is 10.6 Å². The molecule has 3 rings (SSSR count). The molecule has 1 aliphatic heterocycles. The van der Waals surface area contributed by atoms with E-state index in [2.05, 4.69) is 22.7 Å². The molecule has 1 aromatic carbocycles. The van der Waals surface area contributed by atoms with Gasteiger partial charge in [-0.1, -0.05) is 6.07 Å². The maximum Gasteiger partial charge on any atom is 0.435 e. The molecule has 2 atom stereocenters. The van der Waals surface area contributed by atoms with Gasteiger partial charge in [0, 0.05) is 23.8 Å². The highest BCUT2D eigenvalue weighted by atomic mass is 35.5. The average Bonchev–Trinajstić information content (AvgIpc) is 3.05. The van der Waals surface area contributed by atoms with Crippen molar-refractivity contribution in [1.29, 1.82) is 0 Å². The summed E-state index contributed by atoms with van der Waals surface area (Å²) in [7, 11) is 0. The van der Waals surface area contributed by atoms with Gasteiger partial charge in [0.05, 0.1) is 5.69 Å². The van der Waals surface area contributed by atoms with Crippen LogP contribution >= 0.6 is 12.4 Å². The number of nitrogens with one attached hydrogen (secondary N) is 2. The molecule has 26 heavy (non-hydrogen) atoms. The summed E-state index contributed by atoms with van der Waals surface area (Å²) in [5.41, 5.74) is -0.166. The van der Waals surface area contributed by atoms with Gasteiger partial charge in [-0.2, -0.15) is 18.3 Å². The predicted molar refractivity (Wildman–Crippen MR) is 93.8 cm³/mol. The van der Waals surface area contributed by atoms with Gasteiger partial charge in [0.15, 0.2) is 5.69 Å². The Bertz CT molecular complexity index is 762. The van der Waals surface area contributed by atoms with Gasteiger partial charge in [-0.05, 0) is 50.6 Å². The molecule has 1 amide bonds. The highest BCUT2D eigenvalue weighted by Crippen LogP contribution is 2.28. The van der Waals surface area contributed by atoms with E-state index in [1.807, 2.05) is 0 Å². The maximum absolute atomic E-state index is 12.7. The molecule has 1 aromatic heterocycles. The third-order valence-corrected chi connectivity index (χ3v) is 4.21. The first-order valence-electron chi connectivity index (χ1n) is 8.10. The van der Waals surface area contributed by atoms with E-state index in [4.69, 9.17) is 0 Å². The lowest BCUT2D eigenvalue weighted by molar-refractivity contribution is -0.141. The molecule has 0 bridgehead atoms. The second-order valence-electron chi connectivity index (χ2n) is 6.24. The first kappa shape index (κ1) is 20.3. The molecule has 1 saturated heterocycles. The smallest absolute Gasteiger partial charge is 0.349 e. The molecule has 0 radical (unpaired) electrons. The van der Waals surface area contributed by atoms with Crippen molar-refractivity contribution < 1.29 is 18.0 Å². The number of nitrogens with zero attached hydrogens (tertiary/aromatic N) is 2. The minimum Gasteiger partial charge on any atom is -0.349 e. The van der Waals surface area contributed by atoms with Crippen molar-refractivity contribution in [2.75, 3.05) is 6.54 Å². The Kier molecular flexibility index (Phi) is 6.30. The number of benzene rings is 1. The number of hydrogen-bond donors (Lipinski definition) is 2. The van der Waals surface area contributed by atoms with Gasteiger partial charge in [-0.3, -0.25) is 4.79 Å². The molecular formula is C17H20ClF3N4O. The first-order valence-corrected chi connectivity index (χ1v) is 8.10. The zero-order valence-corrected chi connectivity index (χ0v) is 14.9.